The number of allylic oxidation sites excluding steroid dienone is 8. The molecular formula is C17H19Cl2NZr. The van der Waals surface area contributed by atoms with Gasteiger partial charge >= 0.3 is 26.2 Å². The molecule has 110 valence electrons. The van der Waals surface area contributed by atoms with Crippen molar-refractivity contribution >= 4 is 5.71 Å². The van der Waals surface area contributed by atoms with Crippen LogP contribution in [0.25, 0.3) is 0 Å². The Labute approximate surface area is 159 Å². The Morgan fingerprint density at radius 1 is 1.24 bits per heavy atom. The molecule has 0 aromatic rings. The van der Waals surface area contributed by atoms with E-state index in [-0.39, 0.29) is 51.0 Å². The minimum absolute atomic E-state index is 0. The van der Waals surface area contributed by atoms with E-state index in [9.17, 15) is 0 Å². The molecule has 2 aliphatic carbocycles. The summed E-state index contributed by atoms with van der Waals surface area (Å²) in [5.74, 6) is 0. The maximum atomic E-state index is 4.64. The molecule has 21 heavy (non-hydrogen) atoms. The van der Waals surface area contributed by atoms with Crippen LogP contribution in [0.5, 0.6) is 0 Å². The summed E-state index contributed by atoms with van der Waals surface area (Å²) in [7, 11) is 0. The summed E-state index contributed by atoms with van der Waals surface area (Å²) in [6.45, 7) is 4.37. The molecule has 1 nitrogen and oxygen atoms in total. The smallest absolute Gasteiger partial charge is 1.00 e. The number of hydrogen-bond donors (Lipinski definition) is 0. The summed E-state index contributed by atoms with van der Waals surface area (Å²) in [6, 6.07) is 0. The van der Waals surface area contributed by atoms with Crippen LogP contribution < -0.4 is 24.8 Å². The number of rotatable bonds is 4. The van der Waals surface area contributed by atoms with Gasteiger partial charge in [0.25, 0.3) is 0 Å². The SMILES string of the molecule is CCCCC1=CCC(C2=C3C=CC=C3N=C2C)=C1.[Cl-].[Cl-].[Zr+2]. The van der Waals surface area contributed by atoms with Crippen molar-refractivity contribution in [3.63, 3.8) is 0 Å². The van der Waals surface area contributed by atoms with E-state index in [1.54, 1.807) is 0 Å². The second-order valence-corrected chi connectivity index (χ2v) is 5.15. The maximum absolute atomic E-state index is 4.64. The fraction of sp³-hybridized carbons (Fsp3) is 0.353. The third-order valence-electron chi connectivity index (χ3n) is 3.80. The molecule has 1 aliphatic heterocycles. The number of aliphatic imine (C=N–C) groups is 1. The van der Waals surface area contributed by atoms with Gasteiger partial charge in [-0.1, -0.05) is 43.2 Å². The zero-order valence-electron chi connectivity index (χ0n) is 12.4. The van der Waals surface area contributed by atoms with Gasteiger partial charge in [-0.05, 0) is 37.8 Å². The van der Waals surface area contributed by atoms with Crippen molar-refractivity contribution in [2.75, 3.05) is 0 Å². The van der Waals surface area contributed by atoms with Crippen molar-refractivity contribution in [2.45, 2.75) is 39.5 Å². The fourth-order valence-corrected chi connectivity index (χ4v) is 2.87. The summed E-state index contributed by atoms with van der Waals surface area (Å²) in [6.07, 6.45) is 16.0. The number of hydrogen-bond acceptors (Lipinski definition) is 1. The van der Waals surface area contributed by atoms with Crippen LogP contribution in [0.15, 0.2) is 63.4 Å². The summed E-state index contributed by atoms with van der Waals surface area (Å²) < 4.78 is 0. The van der Waals surface area contributed by atoms with E-state index in [1.807, 2.05) is 0 Å². The molecular weight excluding hydrogens is 380 g/mol. The predicted octanol–water partition coefficient (Wildman–Crippen LogP) is -1.34. The van der Waals surface area contributed by atoms with Crippen LogP contribution >= 0.6 is 0 Å². The topological polar surface area (TPSA) is 12.4 Å². The Bertz CT molecular complexity index is 578. The molecule has 0 N–H and O–H groups in total. The normalized spacial score (nSPS) is 18.0. The van der Waals surface area contributed by atoms with Crippen molar-refractivity contribution in [1.29, 1.82) is 0 Å². The zero-order valence-corrected chi connectivity index (χ0v) is 16.4. The molecule has 3 rings (SSSR count). The molecule has 0 bridgehead atoms. The van der Waals surface area contributed by atoms with E-state index in [0.29, 0.717) is 0 Å². The molecule has 0 radical (unpaired) electrons. The van der Waals surface area contributed by atoms with Crippen LogP contribution in [0, 0.1) is 0 Å². The molecule has 0 spiro atoms. The van der Waals surface area contributed by atoms with Crippen LogP contribution in [0.4, 0.5) is 0 Å². The summed E-state index contributed by atoms with van der Waals surface area (Å²) in [5, 5.41) is 0. The molecule has 0 atom stereocenters. The van der Waals surface area contributed by atoms with Crippen LogP contribution in [0.1, 0.15) is 39.5 Å². The van der Waals surface area contributed by atoms with Gasteiger partial charge in [0.1, 0.15) is 0 Å². The molecule has 4 heteroatoms. The van der Waals surface area contributed by atoms with Crippen LogP contribution in [0.3, 0.4) is 0 Å². The first kappa shape index (κ1) is 20.8. The van der Waals surface area contributed by atoms with Gasteiger partial charge in [-0.3, -0.25) is 4.99 Å². The third-order valence-corrected chi connectivity index (χ3v) is 3.80. The average Bonchev–Trinajstić information content (AvgIpc) is 3.01. The molecule has 0 amide bonds. The van der Waals surface area contributed by atoms with Gasteiger partial charge in [0, 0.05) is 16.9 Å². The largest absolute Gasteiger partial charge is 2.00 e. The molecule has 0 unspecified atom stereocenters. The summed E-state index contributed by atoms with van der Waals surface area (Å²) >= 11 is 0. The van der Waals surface area contributed by atoms with E-state index in [1.165, 1.54) is 47.3 Å². The van der Waals surface area contributed by atoms with E-state index >= 15 is 0 Å². The second-order valence-electron chi connectivity index (χ2n) is 5.15. The van der Waals surface area contributed by atoms with Crippen molar-refractivity contribution in [2.24, 2.45) is 4.99 Å². The number of halogens is 2. The molecule has 0 aromatic heterocycles. The minimum Gasteiger partial charge on any atom is -1.00 e. The second kappa shape index (κ2) is 9.08. The zero-order chi connectivity index (χ0) is 12.5. The quantitative estimate of drug-likeness (QED) is 0.555. The third kappa shape index (κ3) is 4.18. The minimum atomic E-state index is 0. The predicted molar refractivity (Wildman–Crippen MR) is 77.7 cm³/mol. The fourth-order valence-electron chi connectivity index (χ4n) is 2.87. The van der Waals surface area contributed by atoms with Gasteiger partial charge in [0.05, 0.1) is 5.70 Å². The molecule has 1 heterocycles. The van der Waals surface area contributed by atoms with Gasteiger partial charge < -0.3 is 24.8 Å². The standard InChI is InChI=1S/C17H19N.2ClH.Zr/c1-3-4-6-13-9-10-14(11-13)17-12(2)18-16-8-5-7-15(16)17;;;/h5,7-9,11H,3-4,6,10H2,1-2H3;2*1H;/q;;;+2/p-2. The van der Waals surface area contributed by atoms with Crippen LogP contribution in [0.2, 0.25) is 0 Å². The van der Waals surface area contributed by atoms with E-state index in [2.05, 4.69) is 49.2 Å². The Morgan fingerprint density at radius 2 is 2.00 bits per heavy atom. The van der Waals surface area contributed by atoms with Gasteiger partial charge in [-0.25, -0.2) is 0 Å². The van der Waals surface area contributed by atoms with Gasteiger partial charge in [-0.2, -0.15) is 0 Å². The summed E-state index contributed by atoms with van der Waals surface area (Å²) in [4.78, 5) is 4.64. The van der Waals surface area contributed by atoms with E-state index in [4.69, 9.17) is 0 Å². The first-order valence-electron chi connectivity index (χ1n) is 6.88. The monoisotopic (exact) mass is 397 g/mol. The number of fused-ring (bicyclic) bond motifs is 1. The number of unbranched alkanes of at least 4 members (excludes halogenated alkanes) is 1. The first-order valence-corrected chi connectivity index (χ1v) is 6.88. The van der Waals surface area contributed by atoms with Gasteiger partial charge in [0.15, 0.2) is 0 Å². The molecule has 0 saturated carbocycles. The first-order chi connectivity index (χ1) is 8.79. The van der Waals surface area contributed by atoms with Crippen LogP contribution in [-0.2, 0) is 26.2 Å². The Morgan fingerprint density at radius 3 is 2.71 bits per heavy atom. The Hall–Kier alpha value is -0.167. The molecule has 3 aliphatic rings. The molecule has 0 fully saturated rings. The average molecular weight is 399 g/mol. The Balaban J connectivity index is 0.00000133. The van der Waals surface area contributed by atoms with E-state index in [0.717, 1.165) is 12.1 Å². The van der Waals surface area contributed by atoms with Crippen molar-refractivity contribution in [3.05, 3.63) is 58.4 Å². The van der Waals surface area contributed by atoms with Crippen molar-refractivity contribution < 1.29 is 51.0 Å². The molecule has 0 saturated heterocycles. The van der Waals surface area contributed by atoms with Gasteiger partial charge in [-0.15, -0.1) is 0 Å². The van der Waals surface area contributed by atoms with E-state index < -0.39 is 0 Å². The van der Waals surface area contributed by atoms with Crippen molar-refractivity contribution in [3.8, 4) is 0 Å². The Kier molecular flexibility index (Phi) is 9.01. The molecule has 0 aromatic carbocycles. The number of nitrogens with zero attached hydrogens (tertiary/aromatic N) is 1. The summed E-state index contributed by atoms with van der Waals surface area (Å²) in [5.41, 5.74) is 7.98. The maximum Gasteiger partial charge on any atom is 2.00 e. The van der Waals surface area contributed by atoms with Gasteiger partial charge in [0.2, 0.25) is 0 Å². The van der Waals surface area contributed by atoms with Crippen LogP contribution in [-0.4, -0.2) is 5.71 Å². The van der Waals surface area contributed by atoms with Crippen molar-refractivity contribution in [1.82, 2.24) is 0 Å².